The van der Waals surface area contributed by atoms with Crippen molar-refractivity contribution in [2.75, 3.05) is 18.4 Å². The van der Waals surface area contributed by atoms with E-state index >= 15 is 0 Å². The second-order valence-corrected chi connectivity index (χ2v) is 5.24. The van der Waals surface area contributed by atoms with Crippen LogP contribution in [0.25, 0.3) is 5.69 Å². The first-order valence-corrected chi connectivity index (χ1v) is 6.97. The predicted molar refractivity (Wildman–Crippen MR) is 77.9 cm³/mol. The summed E-state index contributed by atoms with van der Waals surface area (Å²) < 4.78 is 14.6. The minimum absolute atomic E-state index is 0.0109. The Hall–Kier alpha value is -2.21. The van der Waals surface area contributed by atoms with Crippen LogP contribution in [0.5, 0.6) is 0 Å². The molecule has 0 saturated carbocycles. The van der Waals surface area contributed by atoms with Gasteiger partial charge in [-0.2, -0.15) is 5.10 Å². The van der Waals surface area contributed by atoms with E-state index in [-0.39, 0.29) is 17.6 Å². The number of aryl methyl sites for hydroxylation is 1. The Labute approximate surface area is 122 Å². The first kappa shape index (κ1) is 13.8. The topological polar surface area (TPSA) is 59.0 Å². The number of hydrogen-bond acceptors (Lipinski definition) is 3. The number of benzene rings is 1. The second-order valence-electron chi connectivity index (χ2n) is 5.24. The average molecular weight is 288 g/mol. The molecular formula is C15H17FN4O. The van der Waals surface area contributed by atoms with E-state index in [0.717, 1.165) is 18.7 Å². The van der Waals surface area contributed by atoms with Crippen LogP contribution in [0.1, 0.15) is 12.1 Å². The molecule has 2 heterocycles. The van der Waals surface area contributed by atoms with Gasteiger partial charge in [0.25, 0.3) is 0 Å². The summed E-state index contributed by atoms with van der Waals surface area (Å²) in [5, 5.41) is 10.4. The monoisotopic (exact) mass is 288 g/mol. The lowest BCUT2D eigenvalue weighted by molar-refractivity contribution is -0.119. The fourth-order valence-electron chi connectivity index (χ4n) is 2.47. The van der Waals surface area contributed by atoms with Crippen LogP contribution in [-0.4, -0.2) is 28.8 Å². The first-order chi connectivity index (χ1) is 10.1. The first-order valence-electron chi connectivity index (χ1n) is 6.97. The molecule has 0 bridgehead atoms. The van der Waals surface area contributed by atoms with Crippen molar-refractivity contribution in [2.45, 2.75) is 13.3 Å². The SMILES string of the molecule is Cc1cc(NC(=O)C2CCNC2)n(-c2ccc(F)cc2)n1. The molecule has 1 fully saturated rings. The van der Waals surface area contributed by atoms with Gasteiger partial charge in [0.2, 0.25) is 5.91 Å². The van der Waals surface area contributed by atoms with Gasteiger partial charge in [-0.05, 0) is 44.2 Å². The van der Waals surface area contributed by atoms with Crippen LogP contribution < -0.4 is 10.6 Å². The van der Waals surface area contributed by atoms with E-state index in [0.29, 0.717) is 18.1 Å². The summed E-state index contributed by atoms with van der Waals surface area (Å²) in [7, 11) is 0. The minimum atomic E-state index is -0.301. The molecular weight excluding hydrogens is 271 g/mol. The van der Waals surface area contributed by atoms with Crippen molar-refractivity contribution in [3.8, 4) is 5.69 Å². The maximum absolute atomic E-state index is 13.0. The molecule has 0 spiro atoms. The third-order valence-electron chi connectivity index (χ3n) is 3.59. The quantitative estimate of drug-likeness (QED) is 0.906. The van der Waals surface area contributed by atoms with Gasteiger partial charge >= 0.3 is 0 Å². The molecule has 1 aromatic carbocycles. The van der Waals surface area contributed by atoms with Gasteiger partial charge < -0.3 is 10.6 Å². The smallest absolute Gasteiger partial charge is 0.229 e. The standard InChI is InChI=1S/C15H17FN4O/c1-10-8-14(18-15(21)11-6-7-17-9-11)20(19-10)13-4-2-12(16)3-5-13/h2-5,8,11,17H,6-7,9H2,1H3,(H,18,21). The zero-order chi connectivity index (χ0) is 14.8. The van der Waals surface area contributed by atoms with E-state index in [2.05, 4.69) is 15.7 Å². The zero-order valence-electron chi connectivity index (χ0n) is 11.8. The molecule has 1 aliphatic rings. The van der Waals surface area contributed by atoms with Crippen LogP contribution in [0, 0.1) is 18.7 Å². The van der Waals surface area contributed by atoms with Crippen molar-refractivity contribution in [3.63, 3.8) is 0 Å². The third-order valence-corrected chi connectivity index (χ3v) is 3.59. The number of nitrogens with one attached hydrogen (secondary N) is 2. The molecule has 0 aliphatic carbocycles. The molecule has 5 nitrogen and oxygen atoms in total. The van der Waals surface area contributed by atoms with Gasteiger partial charge in [0.05, 0.1) is 17.3 Å². The van der Waals surface area contributed by atoms with Gasteiger partial charge in [-0.1, -0.05) is 0 Å². The van der Waals surface area contributed by atoms with Gasteiger partial charge in [-0.25, -0.2) is 9.07 Å². The molecule has 1 aromatic heterocycles. The molecule has 1 unspecified atom stereocenters. The summed E-state index contributed by atoms with van der Waals surface area (Å²) >= 11 is 0. The van der Waals surface area contributed by atoms with Gasteiger partial charge in [0.15, 0.2) is 0 Å². The van der Waals surface area contributed by atoms with Crippen LogP contribution in [-0.2, 0) is 4.79 Å². The summed E-state index contributed by atoms with van der Waals surface area (Å²) in [4.78, 5) is 12.2. The highest BCUT2D eigenvalue weighted by atomic mass is 19.1. The maximum Gasteiger partial charge on any atom is 0.229 e. The highest BCUT2D eigenvalue weighted by molar-refractivity contribution is 5.92. The normalized spacial score (nSPS) is 17.9. The molecule has 1 saturated heterocycles. The van der Waals surface area contributed by atoms with Crippen LogP contribution in [0.15, 0.2) is 30.3 Å². The fraction of sp³-hybridized carbons (Fsp3) is 0.333. The zero-order valence-corrected chi connectivity index (χ0v) is 11.8. The Morgan fingerprint density at radius 3 is 2.86 bits per heavy atom. The van der Waals surface area contributed by atoms with Gasteiger partial charge in [-0.15, -0.1) is 0 Å². The van der Waals surface area contributed by atoms with Crippen LogP contribution in [0.2, 0.25) is 0 Å². The summed E-state index contributed by atoms with van der Waals surface area (Å²) in [6.45, 7) is 3.43. The van der Waals surface area contributed by atoms with Gasteiger partial charge in [0.1, 0.15) is 11.6 Å². The van der Waals surface area contributed by atoms with E-state index in [1.165, 1.54) is 12.1 Å². The van der Waals surface area contributed by atoms with Gasteiger partial charge in [0, 0.05) is 12.6 Å². The molecule has 1 amide bonds. The number of carbonyl (C=O) groups is 1. The molecule has 6 heteroatoms. The van der Waals surface area contributed by atoms with Crippen molar-refractivity contribution >= 4 is 11.7 Å². The summed E-state index contributed by atoms with van der Waals surface area (Å²) in [5.74, 6) is 0.284. The second kappa shape index (κ2) is 5.65. The van der Waals surface area contributed by atoms with Crippen molar-refractivity contribution in [3.05, 3.63) is 41.8 Å². The maximum atomic E-state index is 13.0. The number of halogens is 1. The number of carbonyl (C=O) groups excluding carboxylic acids is 1. The third kappa shape index (κ3) is 2.95. The lowest BCUT2D eigenvalue weighted by atomic mass is 10.1. The molecule has 21 heavy (non-hydrogen) atoms. The largest absolute Gasteiger partial charge is 0.316 e. The van der Waals surface area contributed by atoms with Crippen LogP contribution in [0.4, 0.5) is 10.2 Å². The lowest BCUT2D eigenvalue weighted by Gasteiger charge is -2.11. The highest BCUT2D eigenvalue weighted by Crippen LogP contribution is 2.19. The number of nitrogens with zero attached hydrogens (tertiary/aromatic N) is 2. The molecule has 0 radical (unpaired) electrons. The molecule has 3 rings (SSSR count). The van der Waals surface area contributed by atoms with Crippen molar-refractivity contribution in [1.82, 2.24) is 15.1 Å². The van der Waals surface area contributed by atoms with Crippen LogP contribution in [0.3, 0.4) is 0 Å². The number of hydrogen-bond donors (Lipinski definition) is 2. The van der Waals surface area contributed by atoms with Crippen LogP contribution >= 0.6 is 0 Å². The summed E-state index contributed by atoms with van der Waals surface area (Å²) in [5.41, 5.74) is 1.50. The Morgan fingerprint density at radius 1 is 1.43 bits per heavy atom. The lowest BCUT2D eigenvalue weighted by Crippen LogP contribution is -2.25. The van der Waals surface area contributed by atoms with Crippen molar-refractivity contribution < 1.29 is 9.18 Å². The van der Waals surface area contributed by atoms with E-state index in [1.54, 1.807) is 16.8 Å². The van der Waals surface area contributed by atoms with Crippen molar-refractivity contribution in [1.29, 1.82) is 0 Å². The van der Waals surface area contributed by atoms with E-state index in [4.69, 9.17) is 0 Å². The van der Waals surface area contributed by atoms with Gasteiger partial charge in [-0.3, -0.25) is 4.79 Å². The Balaban J connectivity index is 1.85. The molecule has 1 aliphatic heterocycles. The summed E-state index contributed by atoms with van der Waals surface area (Å²) in [6, 6.07) is 7.82. The Morgan fingerprint density at radius 2 is 2.19 bits per heavy atom. The summed E-state index contributed by atoms with van der Waals surface area (Å²) in [6.07, 6.45) is 0.843. The fourth-order valence-corrected chi connectivity index (χ4v) is 2.47. The minimum Gasteiger partial charge on any atom is -0.316 e. The molecule has 1 atom stereocenters. The number of rotatable bonds is 3. The predicted octanol–water partition coefficient (Wildman–Crippen LogP) is 1.87. The van der Waals surface area contributed by atoms with E-state index in [1.807, 2.05) is 13.0 Å². The molecule has 2 N–H and O–H groups in total. The number of amides is 1. The molecule has 110 valence electrons. The number of anilines is 1. The van der Waals surface area contributed by atoms with E-state index < -0.39 is 0 Å². The molecule has 2 aromatic rings. The van der Waals surface area contributed by atoms with E-state index in [9.17, 15) is 9.18 Å². The Kier molecular flexibility index (Phi) is 3.70. The highest BCUT2D eigenvalue weighted by Gasteiger charge is 2.23. The average Bonchev–Trinajstić information content (AvgIpc) is 3.09. The van der Waals surface area contributed by atoms with Crippen molar-refractivity contribution in [2.24, 2.45) is 5.92 Å². The number of aromatic nitrogens is 2. The Bertz CT molecular complexity index is 644.